The number of aromatic nitrogens is 3. The summed E-state index contributed by atoms with van der Waals surface area (Å²) < 4.78 is 1.56. The molecule has 0 aliphatic heterocycles. The summed E-state index contributed by atoms with van der Waals surface area (Å²) in [6.45, 7) is 2.27. The molecule has 0 aliphatic rings. The Kier molecular flexibility index (Phi) is 3.86. The third-order valence-electron chi connectivity index (χ3n) is 2.90. The van der Waals surface area contributed by atoms with Crippen LogP contribution in [0, 0.1) is 10.1 Å². The molecule has 2 aromatic rings. The van der Waals surface area contributed by atoms with Crippen LogP contribution in [-0.2, 0) is 6.54 Å². The van der Waals surface area contributed by atoms with Gasteiger partial charge in [0.25, 0.3) is 5.69 Å². The molecule has 2 rings (SSSR count). The second-order valence-electron chi connectivity index (χ2n) is 4.24. The molecule has 19 heavy (non-hydrogen) atoms. The van der Waals surface area contributed by atoms with E-state index in [1.54, 1.807) is 29.1 Å². The smallest absolute Gasteiger partial charge is 0.274 e. The van der Waals surface area contributed by atoms with Gasteiger partial charge in [-0.15, -0.1) is 5.10 Å². The number of nitrogens with two attached hydrogens (primary N) is 1. The lowest BCUT2D eigenvalue weighted by molar-refractivity contribution is -0.385. The SMILES string of the molecule is CCC(N)c1cn(Cc2ccccc2[N+](=O)[O-])nn1. The average molecular weight is 261 g/mol. The Hall–Kier alpha value is -2.28. The van der Waals surface area contributed by atoms with E-state index in [0.29, 0.717) is 17.8 Å². The number of hydrogen-bond acceptors (Lipinski definition) is 5. The van der Waals surface area contributed by atoms with Crippen molar-refractivity contribution in [2.24, 2.45) is 5.73 Å². The summed E-state index contributed by atoms with van der Waals surface area (Å²) in [6.07, 6.45) is 2.50. The van der Waals surface area contributed by atoms with E-state index in [0.717, 1.165) is 6.42 Å². The molecular weight excluding hydrogens is 246 g/mol. The average Bonchev–Trinajstić information content (AvgIpc) is 2.86. The highest BCUT2D eigenvalue weighted by molar-refractivity contribution is 5.39. The number of hydrogen-bond donors (Lipinski definition) is 1. The zero-order chi connectivity index (χ0) is 13.8. The van der Waals surface area contributed by atoms with Crippen LogP contribution in [0.5, 0.6) is 0 Å². The van der Waals surface area contributed by atoms with Crippen LogP contribution in [-0.4, -0.2) is 19.9 Å². The Morgan fingerprint density at radius 3 is 2.89 bits per heavy atom. The minimum absolute atomic E-state index is 0.0827. The van der Waals surface area contributed by atoms with Crippen LogP contribution in [0.3, 0.4) is 0 Å². The predicted octanol–water partition coefficient (Wildman–Crippen LogP) is 1.64. The third-order valence-corrected chi connectivity index (χ3v) is 2.90. The molecule has 0 spiro atoms. The van der Waals surface area contributed by atoms with Gasteiger partial charge < -0.3 is 5.73 Å². The van der Waals surface area contributed by atoms with Crippen molar-refractivity contribution in [3.05, 3.63) is 51.8 Å². The maximum absolute atomic E-state index is 10.9. The van der Waals surface area contributed by atoms with Crippen LogP contribution in [0.4, 0.5) is 5.69 Å². The van der Waals surface area contributed by atoms with Gasteiger partial charge in [0.15, 0.2) is 0 Å². The van der Waals surface area contributed by atoms with Crippen molar-refractivity contribution in [1.29, 1.82) is 0 Å². The zero-order valence-corrected chi connectivity index (χ0v) is 10.6. The number of nitro groups is 1. The standard InChI is InChI=1S/C12H15N5O2/c1-2-10(13)11-8-16(15-14-11)7-9-5-3-4-6-12(9)17(18)19/h3-6,8,10H,2,7,13H2,1H3. The van der Waals surface area contributed by atoms with E-state index in [9.17, 15) is 10.1 Å². The van der Waals surface area contributed by atoms with E-state index < -0.39 is 4.92 Å². The highest BCUT2D eigenvalue weighted by atomic mass is 16.6. The van der Waals surface area contributed by atoms with E-state index in [1.807, 2.05) is 6.92 Å². The largest absolute Gasteiger partial charge is 0.323 e. The molecule has 0 saturated carbocycles. The molecule has 1 atom stereocenters. The van der Waals surface area contributed by atoms with Gasteiger partial charge in [-0.25, -0.2) is 4.68 Å². The first kappa shape index (κ1) is 13.2. The van der Waals surface area contributed by atoms with Crippen molar-refractivity contribution in [1.82, 2.24) is 15.0 Å². The van der Waals surface area contributed by atoms with Crippen molar-refractivity contribution in [2.45, 2.75) is 25.9 Å². The molecule has 1 aromatic carbocycles. The van der Waals surface area contributed by atoms with Crippen LogP contribution in [0.1, 0.15) is 30.6 Å². The Bertz CT molecular complexity index is 581. The summed E-state index contributed by atoms with van der Waals surface area (Å²) in [5.41, 5.74) is 7.22. The fraction of sp³-hybridized carbons (Fsp3) is 0.333. The van der Waals surface area contributed by atoms with Crippen molar-refractivity contribution in [2.75, 3.05) is 0 Å². The van der Waals surface area contributed by atoms with Crippen molar-refractivity contribution < 1.29 is 4.92 Å². The summed E-state index contributed by atoms with van der Waals surface area (Å²) >= 11 is 0. The minimum Gasteiger partial charge on any atom is -0.323 e. The fourth-order valence-corrected chi connectivity index (χ4v) is 1.77. The lowest BCUT2D eigenvalue weighted by atomic mass is 10.2. The highest BCUT2D eigenvalue weighted by Crippen LogP contribution is 2.19. The minimum atomic E-state index is -0.398. The van der Waals surface area contributed by atoms with E-state index in [-0.39, 0.29) is 11.7 Å². The molecule has 1 unspecified atom stereocenters. The lowest BCUT2D eigenvalue weighted by Gasteiger charge is -2.03. The zero-order valence-electron chi connectivity index (χ0n) is 10.6. The van der Waals surface area contributed by atoms with Gasteiger partial charge in [-0.05, 0) is 6.42 Å². The van der Waals surface area contributed by atoms with Crippen molar-refractivity contribution >= 4 is 5.69 Å². The number of nitrogens with zero attached hydrogens (tertiary/aromatic N) is 4. The van der Waals surface area contributed by atoms with Gasteiger partial charge >= 0.3 is 0 Å². The van der Waals surface area contributed by atoms with Crippen LogP contribution in [0.25, 0.3) is 0 Å². The molecule has 0 fully saturated rings. The first-order chi connectivity index (χ1) is 9.11. The van der Waals surface area contributed by atoms with Crippen LogP contribution in [0.2, 0.25) is 0 Å². The van der Waals surface area contributed by atoms with Crippen molar-refractivity contribution in [3.8, 4) is 0 Å². The summed E-state index contributed by atoms with van der Waals surface area (Å²) in [7, 11) is 0. The molecular formula is C12H15N5O2. The Morgan fingerprint density at radius 2 is 2.21 bits per heavy atom. The van der Waals surface area contributed by atoms with Gasteiger partial charge in [0.1, 0.15) is 0 Å². The number of rotatable bonds is 5. The van der Waals surface area contributed by atoms with E-state index in [4.69, 9.17) is 5.73 Å². The maximum Gasteiger partial charge on any atom is 0.274 e. The van der Waals surface area contributed by atoms with Crippen LogP contribution < -0.4 is 5.73 Å². The molecule has 1 aromatic heterocycles. The topological polar surface area (TPSA) is 99.9 Å². The first-order valence-corrected chi connectivity index (χ1v) is 5.99. The molecule has 0 radical (unpaired) electrons. The summed E-state index contributed by atoms with van der Waals surface area (Å²) in [4.78, 5) is 10.5. The van der Waals surface area contributed by atoms with Crippen LogP contribution in [0.15, 0.2) is 30.5 Å². The summed E-state index contributed by atoms with van der Waals surface area (Å²) in [6, 6.07) is 6.43. The van der Waals surface area contributed by atoms with Gasteiger partial charge in [-0.3, -0.25) is 10.1 Å². The predicted molar refractivity (Wildman–Crippen MR) is 69.4 cm³/mol. The Morgan fingerprint density at radius 1 is 1.47 bits per heavy atom. The molecule has 100 valence electrons. The molecule has 7 heteroatoms. The molecule has 0 amide bonds. The normalized spacial score (nSPS) is 12.3. The molecule has 2 N–H and O–H groups in total. The van der Waals surface area contributed by atoms with Gasteiger partial charge in [0.2, 0.25) is 0 Å². The summed E-state index contributed by atoms with van der Waals surface area (Å²) in [5, 5.41) is 18.8. The number of benzene rings is 1. The second-order valence-corrected chi connectivity index (χ2v) is 4.24. The Balaban J connectivity index is 2.22. The van der Waals surface area contributed by atoms with Crippen molar-refractivity contribution in [3.63, 3.8) is 0 Å². The maximum atomic E-state index is 10.9. The quantitative estimate of drug-likeness (QED) is 0.651. The summed E-state index contributed by atoms with van der Waals surface area (Å²) in [5.74, 6) is 0. The fourth-order valence-electron chi connectivity index (χ4n) is 1.77. The molecule has 0 bridgehead atoms. The Labute approximate surface area is 110 Å². The van der Waals surface area contributed by atoms with E-state index >= 15 is 0 Å². The number of para-hydroxylation sites is 1. The second kappa shape index (κ2) is 5.57. The number of nitro benzene ring substituents is 1. The van der Waals surface area contributed by atoms with E-state index in [2.05, 4.69) is 10.3 Å². The lowest BCUT2D eigenvalue weighted by Crippen LogP contribution is -2.09. The van der Waals surface area contributed by atoms with Gasteiger partial charge in [0, 0.05) is 6.07 Å². The van der Waals surface area contributed by atoms with Gasteiger partial charge in [0.05, 0.1) is 35.0 Å². The van der Waals surface area contributed by atoms with Gasteiger partial charge in [-0.2, -0.15) is 0 Å². The molecule has 1 heterocycles. The molecule has 0 aliphatic carbocycles. The van der Waals surface area contributed by atoms with Gasteiger partial charge in [-0.1, -0.05) is 30.3 Å². The highest BCUT2D eigenvalue weighted by Gasteiger charge is 2.14. The first-order valence-electron chi connectivity index (χ1n) is 5.99. The third kappa shape index (κ3) is 2.94. The molecule has 7 nitrogen and oxygen atoms in total. The molecule has 0 saturated heterocycles. The monoisotopic (exact) mass is 261 g/mol. The van der Waals surface area contributed by atoms with Crippen LogP contribution >= 0.6 is 0 Å². The van der Waals surface area contributed by atoms with E-state index in [1.165, 1.54) is 6.07 Å².